The first-order valence-electron chi connectivity index (χ1n) is 23.1. The van der Waals surface area contributed by atoms with Crippen LogP contribution in [-0.2, 0) is 28.2 Å². The molecule has 2 fully saturated rings. The summed E-state index contributed by atoms with van der Waals surface area (Å²) in [4.78, 5) is 19.1. The van der Waals surface area contributed by atoms with Crippen molar-refractivity contribution in [1.29, 1.82) is 0 Å². The summed E-state index contributed by atoms with van der Waals surface area (Å²) >= 11 is 0. The van der Waals surface area contributed by atoms with Crippen molar-refractivity contribution >= 4 is 11.6 Å². The fraction of sp³-hybridized carbons (Fsp3) is 0.360. The van der Waals surface area contributed by atoms with Crippen LogP contribution in [0.15, 0.2) is 110 Å². The first-order valence-corrected chi connectivity index (χ1v) is 23.1. The van der Waals surface area contributed by atoms with Gasteiger partial charge in [-0.25, -0.2) is 19.9 Å². The highest BCUT2D eigenvalue weighted by Crippen LogP contribution is 2.34. The zero-order valence-corrected chi connectivity index (χ0v) is 38.7. The Morgan fingerprint density at radius 1 is 0.441 bits per heavy atom. The smallest absolute Gasteiger partial charge is 0.161 e. The molecule has 18 nitrogen and oxygen atoms in total. The summed E-state index contributed by atoms with van der Waals surface area (Å²) < 4.78 is 7.01. The molecule has 6 heterocycles. The average Bonchev–Trinajstić information content (AvgIpc) is 4.16. The van der Waals surface area contributed by atoms with E-state index in [-0.39, 0.29) is 12.1 Å². The van der Waals surface area contributed by atoms with Gasteiger partial charge in [0, 0.05) is 110 Å². The van der Waals surface area contributed by atoms with E-state index in [4.69, 9.17) is 9.97 Å². The van der Waals surface area contributed by atoms with E-state index in [2.05, 4.69) is 41.0 Å². The van der Waals surface area contributed by atoms with Crippen molar-refractivity contribution in [3.8, 4) is 67.3 Å². The van der Waals surface area contributed by atoms with Crippen LogP contribution in [0.25, 0.3) is 67.3 Å². The van der Waals surface area contributed by atoms with Crippen molar-refractivity contribution in [2.75, 3.05) is 10.6 Å². The molecule has 68 heavy (non-hydrogen) atoms. The molecule has 6 atom stereocenters. The molecule has 0 unspecified atom stereocenters. The number of aromatic nitrogens is 12. The first kappa shape index (κ1) is 46.0. The van der Waals surface area contributed by atoms with Gasteiger partial charge in [-0.2, -0.15) is 20.4 Å². The second-order valence-electron chi connectivity index (χ2n) is 17.9. The Bertz CT molecular complexity index is 2760. The van der Waals surface area contributed by atoms with Gasteiger partial charge < -0.3 is 31.1 Å². The van der Waals surface area contributed by atoms with E-state index in [0.29, 0.717) is 36.1 Å². The molecule has 0 radical (unpaired) electrons. The molecule has 6 aromatic heterocycles. The lowest BCUT2D eigenvalue weighted by molar-refractivity contribution is 0.00947. The van der Waals surface area contributed by atoms with Crippen molar-refractivity contribution < 1.29 is 20.4 Å². The Hall–Kier alpha value is -7.12. The Morgan fingerprint density at radius 3 is 1.16 bits per heavy atom. The van der Waals surface area contributed by atoms with E-state index < -0.39 is 24.4 Å². The Kier molecular flexibility index (Phi) is 13.8. The van der Waals surface area contributed by atoms with Crippen molar-refractivity contribution in [2.45, 2.75) is 87.9 Å². The summed E-state index contributed by atoms with van der Waals surface area (Å²) in [5, 5.41) is 66.0. The van der Waals surface area contributed by atoms with Gasteiger partial charge >= 0.3 is 0 Å². The Balaban J connectivity index is 0.000000170. The van der Waals surface area contributed by atoms with E-state index in [1.807, 2.05) is 114 Å². The number of hydrogen-bond donors (Lipinski definition) is 6. The molecule has 0 amide bonds. The quantitative estimate of drug-likeness (QED) is 0.0860. The lowest BCUT2D eigenvalue weighted by Crippen LogP contribution is -2.40. The average molecular weight is 919 g/mol. The number of hydrogen-bond acceptors (Lipinski definition) is 14. The monoisotopic (exact) mass is 918 g/mol. The molecular formula is C50H58N14O4. The van der Waals surface area contributed by atoms with E-state index in [9.17, 15) is 20.4 Å². The minimum atomic E-state index is -0.864. The first-order chi connectivity index (χ1) is 32.9. The van der Waals surface area contributed by atoms with Gasteiger partial charge in [-0.3, -0.25) is 18.7 Å². The van der Waals surface area contributed by atoms with E-state index >= 15 is 0 Å². The molecule has 10 rings (SSSR count). The number of aryl methyl sites for hydroxylation is 4. The standard InChI is InChI=1S/2C25H29N7O2/c2*1-31-14-18(11-27-31)16-6-5-7-17(10-16)24-26-13-20(19-12-28-32(2)15-19)25(30-24)29-21-8-3-4-9-22(33)23(21)34/h2*5-7,10-15,21-23,33-34H,3-4,8-9H2,1-2H3,(H,26,29,30)/t2*21-,22+,23-/m10/s1. The third kappa shape index (κ3) is 10.5. The minimum Gasteiger partial charge on any atom is -0.390 e. The van der Waals surface area contributed by atoms with Crippen LogP contribution < -0.4 is 10.6 Å². The normalized spacial score (nSPS) is 20.8. The molecule has 0 bridgehead atoms. The molecule has 0 saturated heterocycles. The third-order valence-corrected chi connectivity index (χ3v) is 12.7. The number of aliphatic hydroxyl groups is 4. The van der Waals surface area contributed by atoms with Crippen LogP contribution in [0.4, 0.5) is 11.6 Å². The van der Waals surface area contributed by atoms with Gasteiger partial charge in [-0.1, -0.05) is 62.1 Å². The van der Waals surface area contributed by atoms with Gasteiger partial charge in [0.2, 0.25) is 0 Å². The number of aliphatic hydroxyl groups excluding tert-OH is 4. The SMILES string of the molecule is Cn1cc(-c2cccc(-c3ncc(-c4cnn(C)c4)c(N[C@@H]4CCCC[C@H](O)[C@@H]4O)n3)c2)cn1.Cn1cc(-c2cccc(-c3ncc(-c4cnn(C)c4)c(N[C@H]4CCCC[C@@H](O)[C@H]4O)n3)c2)cn1. The van der Waals surface area contributed by atoms with Crippen LogP contribution in [0.1, 0.15) is 51.4 Å². The number of anilines is 2. The summed E-state index contributed by atoms with van der Waals surface area (Å²) in [5.74, 6) is 2.37. The summed E-state index contributed by atoms with van der Waals surface area (Å²) in [7, 11) is 7.51. The molecule has 2 aliphatic rings. The zero-order valence-electron chi connectivity index (χ0n) is 38.7. The van der Waals surface area contributed by atoms with E-state index in [1.54, 1.807) is 43.5 Å². The summed E-state index contributed by atoms with van der Waals surface area (Å²) in [5.41, 5.74) is 9.21. The van der Waals surface area contributed by atoms with Crippen LogP contribution in [-0.4, -0.2) is 116 Å². The molecular weight excluding hydrogens is 861 g/mol. The zero-order chi connectivity index (χ0) is 47.3. The highest BCUT2D eigenvalue weighted by molar-refractivity contribution is 5.78. The van der Waals surface area contributed by atoms with Crippen LogP contribution in [0.2, 0.25) is 0 Å². The second-order valence-corrected chi connectivity index (χ2v) is 17.9. The molecule has 2 aromatic carbocycles. The largest absolute Gasteiger partial charge is 0.390 e. The lowest BCUT2D eigenvalue weighted by Gasteiger charge is -2.26. The van der Waals surface area contributed by atoms with Crippen molar-refractivity contribution in [1.82, 2.24) is 59.1 Å². The highest BCUT2D eigenvalue weighted by Gasteiger charge is 2.31. The summed E-state index contributed by atoms with van der Waals surface area (Å²) in [6.07, 6.45) is 21.6. The van der Waals surface area contributed by atoms with Gasteiger partial charge in [0.05, 0.1) is 61.3 Å². The van der Waals surface area contributed by atoms with Crippen LogP contribution in [0, 0.1) is 0 Å². The van der Waals surface area contributed by atoms with Crippen LogP contribution >= 0.6 is 0 Å². The highest BCUT2D eigenvalue weighted by atomic mass is 16.3. The fourth-order valence-corrected chi connectivity index (χ4v) is 8.94. The molecule has 0 spiro atoms. The van der Waals surface area contributed by atoms with E-state index in [1.165, 1.54) is 0 Å². The molecule has 2 saturated carbocycles. The topological polar surface area (TPSA) is 228 Å². The Morgan fingerprint density at radius 2 is 0.794 bits per heavy atom. The maximum absolute atomic E-state index is 10.7. The summed E-state index contributed by atoms with van der Waals surface area (Å²) in [6.45, 7) is 0. The van der Waals surface area contributed by atoms with Gasteiger partial charge in [0.1, 0.15) is 11.6 Å². The molecule has 0 aliphatic heterocycles. The number of nitrogens with zero attached hydrogens (tertiary/aromatic N) is 12. The fourth-order valence-electron chi connectivity index (χ4n) is 8.94. The Labute approximate surface area is 394 Å². The van der Waals surface area contributed by atoms with Gasteiger partial charge in [-0.15, -0.1) is 0 Å². The van der Waals surface area contributed by atoms with Crippen LogP contribution in [0.3, 0.4) is 0 Å². The number of rotatable bonds is 10. The van der Waals surface area contributed by atoms with Crippen molar-refractivity contribution in [2.24, 2.45) is 28.2 Å². The number of benzene rings is 2. The summed E-state index contributed by atoms with van der Waals surface area (Å²) in [6, 6.07) is 15.5. The minimum absolute atomic E-state index is 0.308. The van der Waals surface area contributed by atoms with Crippen molar-refractivity contribution in [3.05, 3.63) is 110 Å². The molecule has 8 aromatic rings. The van der Waals surface area contributed by atoms with Crippen molar-refractivity contribution in [3.63, 3.8) is 0 Å². The maximum atomic E-state index is 10.7. The van der Waals surface area contributed by atoms with Gasteiger partial charge in [-0.05, 0) is 48.9 Å². The maximum Gasteiger partial charge on any atom is 0.161 e. The van der Waals surface area contributed by atoms with Gasteiger partial charge in [0.25, 0.3) is 0 Å². The second kappa shape index (κ2) is 20.4. The molecule has 6 N–H and O–H groups in total. The van der Waals surface area contributed by atoms with Crippen LogP contribution in [0.5, 0.6) is 0 Å². The van der Waals surface area contributed by atoms with Gasteiger partial charge in [0.15, 0.2) is 11.6 Å². The molecule has 352 valence electrons. The van der Waals surface area contributed by atoms with E-state index in [0.717, 1.165) is 94.2 Å². The lowest BCUT2D eigenvalue weighted by atomic mass is 10.0. The third-order valence-electron chi connectivity index (χ3n) is 12.7. The predicted octanol–water partition coefficient (Wildman–Crippen LogP) is 6.04. The predicted molar refractivity (Wildman–Crippen MR) is 260 cm³/mol. The molecule has 2 aliphatic carbocycles. The number of nitrogens with one attached hydrogen (secondary N) is 2. The molecule has 18 heteroatoms.